The average molecular weight is 270 g/mol. The lowest BCUT2D eigenvalue weighted by molar-refractivity contribution is 0.416. The van der Waals surface area contributed by atoms with Crippen LogP contribution in [0.4, 0.5) is 5.69 Å². The molecule has 1 unspecified atom stereocenters. The zero-order valence-electron chi connectivity index (χ0n) is 11.9. The van der Waals surface area contributed by atoms with Gasteiger partial charge in [-0.3, -0.25) is 4.68 Å². The summed E-state index contributed by atoms with van der Waals surface area (Å²) in [4.78, 5) is 0. The second-order valence-corrected chi connectivity index (χ2v) is 4.49. The van der Waals surface area contributed by atoms with E-state index in [0.717, 1.165) is 12.1 Å². The Bertz CT molecular complexity index is 627. The summed E-state index contributed by atoms with van der Waals surface area (Å²) in [5.74, 6) is 0.666. The monoisotopic (exact) mass is 270 g/mol. The number of nitrogens with one attached hydrogen (secondary N) is 1. The van der Waals surface area contributed by atoms with E-state index in [2.05, 4.69) is 16.5 Å². The van der Waals surface area contributed by atoms with Gasteiger partial charge in [-0.1, -0.05) is 6.07 Å². The molecule has 20 heavy (non-hydrogen) atoms. The molecule has 0 aliphatic carbocycles. The molecule has 1 atom stereocenters. The minimum absolute atomic E-state index is 0.0405. The van der Waals surface area contributed by atoms with Crippen LogP contribution >= 0.6 is 0 Å². The third-order valence-electron chi connectivity index (χ3n) is 3.20. The van der Waals surface area contributed by atoms with E-state index in [-0.39, 0.29) is 6.04 Å². The molecular formula is C15H18N4O. The summed E-state index contributed by atoms with van der Waals surface area (Å²) in [7, 11) is 1.60. The molecule has 0 fully saturated rings. The van der Waals surface area contributed by atoms with Crippen LogP contribution in [-0.4, -0.2) is 16.9 Å². The summed E-state index contributed by atoms with van der Waals surface area (Å²) in [5.41, 5.74) is 2.36. The van der Waals surface area contributed by atoms with E-state index in [9.17, 15) is 5.26 Å². The molecule has 0 saturated heterocycles. The number of nitrogens with zero attached hydrogens (tertiary/aromatic N) is 3. The largest absolute Gasteiger partial charge is 0.495 e. The predicted octanol–water partition coefficient (Wildman–Crippen LogP) is 2.96. The maximum absolute atomic E-state index is 9.20. The van der Waals surface area contributed by atoms with Crippen LogP contribution in [0, 0.1) is 11.3 Å². The average Bonchev–Trinajstić information content (AvgIpc) is 2.96. The van der Waals surface area contributed by atoms with E-state index >= 15 is 0 Å². The van der Waals surface area contributed by atoms with Crippen molar-refractivity contribution in [3.05, 3.63) is 41.7 Å². The van der Waals surface area contributed by atoms with Crippen molar-refractivity contribution in [1.29, 1.82) is 5.26 Å². The van der Waals surface area contributed by atoms with Crippen molar-refractivity contribution in [2.75, 3.05) is 12.4 Å². The van der Waals surface area contributed by atoms with Gasteiger partial charge >= 0.3 is 0 Å². The van der Waals surface area contributed by atoms with Crippen molar-refractivity contribution in [2.24, 2.45) is 0 Å². The molecule has 0 amide bonds. The molecule has 1 heterocycles. The summed E-state index contributed by atoms with van der Waals surface area (Å²) in [6.07, 6.45) is 3.84. The molecule has 5 nitrogen and oxygen atoms in total. The Morgan fingerprint density at radius 3 is 2.90 bits per heavy atom. The number of ether oxygens (including phenoxy) is 1. The van der Waals surface area contributed by atoms with Gasteiger partial charge in [0.2, 0.25) is 0 Å². The Hall–Kier alpha value is -2.48. The van der Waals surface area contributed by atoms with E-state index in [0.29, 0.717) is 17.0 Å². The van der Waals surface area contributed by atoms with Crippen molar-refractivity contribution >= 4 is 5.69 Å². The number of para-hydroxylation sites is 1. The minimum atomic E-state index is 0.0405. The van der Waals surface area contributed by atoms with Crippen molar-refractivity contribution in [3.63, 3.8) is 0 Å². The predicted molar refractivity (Wildman–Crippen MR) is 77.6 cm³/mol. The summed E-state index contributed by atoms with van der Waals surface area (Å²) in [5, 5.41) is 16.8. The first-order valence-electron chi connectivity index (χ1n) is 6.55. The third kappa shape index (κ3) is 2.75. The van der Waals surface area contributed by atoms with Crippen LogP contribution in [0.25, 0.3) is 0 Å². The lowest BCUT2D eigenvalue weighted by atomic mass is 10.1. The maximum atomic E-state index is 9.20. The van der Waals surface area contributed by atoms with Gasteiger partial charge in [-0.15, -0.1) is 0 Å². The van der Waals surface area contributed by atoms with Gasteiger partial charge < -0.3 is 10.1 Å². The Morgan fingerprint density at radius 1 is 1.50 bits per heavy atom. The highest BCUT2D eigenvalue weighted by molar-refractivity contribution is 5.67. The minimum Gasteiger partial charge on any atom is -0.495 e. The molecule has 0 saturated carbocycles. The van der Waals surface area contributed by atoms with Gasteiger partial charge in [0.15, 0.2) is 0 Å². The Balaban J connectivity index is 2.27. The quantitative estimate of drug-likeness (QED) is 0.907. The third-order valence-corrected chi connectivity index (χ3v) is 3.20. The van der Waals surface area contributed by atoms with Gasteiger partial charge in [0.05, 0.1) is 30.6 Å². The number of rotatable bonds is 5. The molecule has 0 aliphatic heterocycles. The van der Waals surface area contributed by atoms with E-state index in [1.165, 1.54) is 0 Å². The zero-order chi connectivity index (χ0) is 14.5. The summed E-state index contributed by atoms with van der Waals surface area (Å²) >= 11 is 0. The van der Waals surface area contributed by atoms with Crippen LogP contribution < -0.4 is 10.1 Å². The molecule has 1 aromatic carbocycles. The van der Waals surface area contributed by atoms with E-state index in [1.807, 2.05) is 43.1 Å². The van der Waals surface area contributed by atoms with Crippen LogP contribution in [0.1, 0.15) is 31.0 Å². The molecule has 1 aromatic heterocycles. The fraction of sp³-hybridized carbons (Fsp3) is 0.333. The van der Waals surface area contributed by atoms with Crippen LogP contribution in [0.5, 0.6) is 5.75 Å². The van der Waals surface area contributed by atoms with Gasteiger partial charge in [0.25, 0.3) is 0 Å². The van der Waals surface area contributed by atoms with Gasteiger partial charge in [0.1, 0.15) is 11.8 Å². The number of aryl methyl sites for hydroxylation is 1. The second kappa shape index (κ2) is 6.11. The molecule has 5 heteroatoms. The lowest BCUT2D eigenvalue weighted by Gasteiger charge is -2.17. The normalized spacial score (nSPS) is 11.7. The number of anilines is 1. The molecule has 0 bridgehead atoms. The number of aromatic nitrogens is 2. The number of benzene rings is 1. The summed E-state index contributed by atoms with van der Waals surface area (Å²) in [6, 6.07) is 7.64. The van der Waals surface area contributed by atoms with Crippen LogP contribution in [0.2, 0.25) is 0 Å². The maximum Gasteiger partial charge on any atom is 0.143 e. The van der Waals surface area contributed by atoms with E-state index < -0.39 is 0 Å². The Labute approximate surface area is 118 Å². The first kappa shape index (κ1) is 13.9. The van der Waals surface area contributed by atoms with Gasteiger partial charge in [-0.2, -0.15) is 10.4 Å². The standard InChI is InChI=1S/C15H18N4O/c1-4-19-10-13(9-17-19)11(2)18-15-12(8-16)6-5-7-14(15)20-3/h5-7,9-11,18H,4H2,1-3H3. The second-order valence-electron chi connectivity index (χ2n) is 4.49. The topological polar surface area (TPSA) is 62.9 Å². The molecule has 2 aromatic rings. The van der Waals surface area contributed by atoms with Crippen LogP contribution in [-0.2, 0) is 6.54 Å². The van der Waals surface area contributed by atoms with E-state index in [4.69, 9.17) is 4.74 Å². The van der Waals surface area contributed by atoms with Gasteiger partial charge in [-0.05, 0) is 26.0 Å². The van der Waals surface area contributed by atoms with Gasteiger partial charge in [0, 0.05) is 18.3 Å². The SMILES string of the molecule is CCn1cc(C(C)Nc2c(C#N)cccc2OC)cn1. The number of hydrogen-bond acceptors (Lipinski definition) is 4. The summed E-state index contributed by atoms with van der Waals surface area (Å²) < 4.78 is 7.19. The lowest BCUT2D eigenvalue weighted by Crippen LogP contribution is -2.08. The molecular weight excluding hydrogens is 252 g/mol. The van der Waals surface area contributed by atoms with Crippen molar-refractivity contribution in [3.8, 4) is 11.8 Å². The number of hydrogen-bond donors (Lipinski definition) is 1. The number of methoxy groups -OCH3 is 1. The molecule has 0 radical (unpaired) electrons. The highest BCUT2D eigenvalue weighted by Crippen LogP contribution is 2.31. The van der Waals surface area contributed by atoms with Crippen molar-refractivity contribution < 1.29 is 4.74 Å². The molecule has 104 valence electrons. The fourth-order valence-electron chi connectivity index (χ4n) is 2.02. The molecule has 1 N–H and O–H groups in total. The Morgan fingerprint density at radius 2 is 2.30 bits per heavy atom. The highest BCUT2D eigenvalue weighted by atomic mass is 16.5. The van der Waals surface area contributed by atoms with Crippen molar-refractivity contribution in [1.82, 2.24) is 9.78 Å². The Kier molecular flexibility index (Phi) is 4.26. The van der Waals surface area contributed by atoms with Crippen LogP contribution in [0.3, 0.4) is 0 Å². The molecule has 0 spiro atoms. The van der Waals surface area contributed by atoms with Crippen molar-refractivity contribution in [2.45, 2.75) is 26.4 Å². The summed E-state index contributed by atoms with van der Waals surface area (Å²) in [6.45, 7) is 4.91. The number of nitriles is 1. The smallest absolute Gasteiger partial charge is 0.143 e. The first-order valence-corrected chi connectivity index (χ1v) is 6.55. The zero-order valence-corrected chi connectivity index (χ0v) is 11.9. The van der Waals surface area contributed by atoms with Crippen LogP contribution in [0.15, 0.2) is 30.6 Å². The first-order chi connectivity index (χ1) is 9.69. The molecule has 2 rings (SSSR count). The van der Waals surface area contributed by atoms with Gasteiger partial charge in [-0.25, -0.2) is 0 Å². The highest BCUT2D eigenvalue weighted by Gasteiger charge is 2.14. The fourth-order valence-corrected chi connectivity index (χ4v) is 2.02. The van der Waals surface area contributed by atoms with E-state index in [1.54, 1.807) is 13.2 Å². The molecule has 0 aliphatic rings.